The monoisotopic (exact) mass is 927 g/mol. The number of alkyl halides is 9. The van der Waals surface area contributed by atoms with Crippen molar-refractivity contribution >= 4 is 0 Å². The molecule has 6 rings (SSSR count). The summed E-state index contributed by atoms with van der Waals surface area (Å²) >= 11 is 0. The number of benzene rings is 6. The quantitative estimate of drug-likeness (QED) is 0.0747. The minimum atomic E-state index is -4.33. The van der Waals surface area contributed by atoms with E-state index in [2.05, 4.69) is 16.0 Å². The van der Waals surface area contributed by atoms with E-state index in [1.165, 1.54) is 36.4 Å². The Balaban J connectivity index is 0.000000216. The Labute approximate surface area is 380 Å². The van der Waals surface area contributed by atoms with Crippen molar-refractivity contribution in [2.24, 2.45) is 0 Å². The van der Waals surface area contributed by atoms with E-state index in [9.17, 15) is 39.5 Å². The second-order valence-corrected chi connectivity index (χ2v) is 14.8. The first-order valence-electron chi connectivity index (χ1n) is 21.1. The maximum absolute atomic E-state index is 12.6. The van der Waals surface area contributed by atoms with Crippen LogP contribution in [0.1, 0.15) is 71.0 Å². The fraction of sp³-hybridized carbons (Fsp3) is 0.294. The van der Waals surface area contributed by atoms with Gasteiger partial charge in [0.15, 0.2) is 0 Å². The first kappa shape index (κ1) is 52.6. The average molecular weight is 928 g/mol. The Kier molecular flexibility index (Phi) is 20.9. The first-order chi connectivity index (χ1) is 31.5. The lowest BCUT2D eigenvalue weighted by Crippen LogP contribution is -2.16. The van der Waals surface area contributed by atoms with Gasteiger partial charge in [-0.2, -0.15) is 39.5 Å². The third-order valence-corrected chi connectivity index (χ3v) is 9.86. The van der Waals surface area contributed by atoms with Gasteiger partial charge in [0.2, 0.25) is 0 Å². The summed E-state index contributed by atoms with van der Waals surface area (Å²) in [5, 5.41) is 9.16. The molecule has 6 aromatic rings. The molecule has 15 heteroatoms. The predicted molar refractivity (Wildman–Crippen MR) is 239 cm³/mol. The van der Waals surface area contributed by atoms with E-state index in [4.69, 9.17) is 14.2 Å². The van der Waals surface area contributed by atoms with Crippen LogP contribution in [0, 0.1) is 0 Å². The molecule has 0 amide bonds. The number of hydrogen-bond donors (Lipinski definition) is 3. The Hall–Kier alpha value is -6.03. The molecule has 0 aromatic heterocycles. The zero-order chi connectivity index (χ0) is 48.0. The molecule has 0 radical (unpaired) electrons. The minimum absolute atomic E-state index is 0.203. The van der Waals surface area contributed by atoms with Gasteiger partial charge in [-0.25, -0.2) is 0 Å². The van der Waals surface area contributed by atoms with Crippen LogP contribution in [0.25, 0.3) is 0 Å². The molecule has 0 fully saturated rings. The standard InChI is InChI=1S/3C17H18F3NO/c3*1-21-12-11-16(13-5-3-2-4-6-13)22-15-9-7-14(8-10-15)17(18,19)20/h3*2-10,16,21H,11-12H2,1H3. The molecular weight excluding hydrogens is 874 g/mol. The van der Waals surface area contributed by atoms with Crippen molar-refractivity contribution in [3.8, 4) is 17.2 Å². The number of halogens is 9. The van der Waals surface area contributed by atoms with Gasteiger partial charge in [-0.05, 0) is 130 Å². The van der Waals surface area contributed by atoms with Crippen LogP contribution < -0.4 is 30.2 Å². The van der Waals surface area contributed by atoms with E-state index >= 15 is 0 Å². The van der Waals surface area contributed by atoms with Crippen LogP contribution in [-0.4, -0.2) is 40.8 Å². The Morgan fingerprint density at radius 1 is 0.333 bits per heavy atom. The summed E-state index contributed by atoms with van der Waals surface area (Å²) in [5.74, 6) is 1.29. The van der Waals surface area contributed by atoms with Crippen LogP contribution >= 0.6 is 0 Å². The summed E-state index contributed by atoms with van der Waals surface area (Å²) < 4.78 is 131. The van der Waals surface area contributed by atoms with E-state index in [0.717, 1.165) is 92.0 Å². The van der Waals surface area contributed by atoms with Crippen molar-refractivity contribution in [2.75, 3.05) is 40.8 Å². The van der Waals surface area contributed by atoms with Crippen molar-refractivity contribution in [2.45, 2.75) is 56.1 Å². The first-order valence-corrected chi connectivity index (χ1v) is 21.1. The van der Waals surface area contributed by atoms with Crippen molar-refractivity contribution in [3.63, 3.8) is 0 Å². The van der Waals surface area contributed by atoms with E-state index < -0.39 is 35.2 Å². The summed E-state index contributed by atoms with van der Waals surface area (Å²) in [6.45, 7) is 2.25. The van der Waals surface area contributed by atoms with Gasteiger partial charge in [0.05, 0.1) is 16.7 Å². The highest BCUT2D eigenvalue weighted by Crippen LogP contribution is 2.35. The number of rotatable bonds is 18. The Morgan fingerprint density at radius 2 is 0.545 bits per heavy atom. The summed E-state index contributed by atoms with van der Waals surface area (Å²) in [7, 11) is 5.54. The number of nitrogens with one attached hydrogen (secondary N) is 3. The lowest BCUT2D eigenvalue weighted by molar-refractivity contribution is -0.138. The molecule has 0 aliphatic rings. The Bertz CT molecular complexity index is 1950. The van der Waals surface area contributed by atoms with Crippen molar-refractivity contribution in [3.05, 3.63) is 197 Å². The molecule has 0 bridgehead atoms. The van der Waals surface area contributed by atoms with Crippen LogP contribution in [0.3, 0.4) is 0 Å². The highest BCUT2D eigenvalue weighted by atomic mass is 19.4. The molecule has 6 nitrogen and oxygen atoms in total. The van der Waals surface area contributed by atoms with Gasteiger partial charge >= 0.3 is 18.5 Å². The lowest BCUT2D eigenvalue weighted by Gasteiger charge is -2.20. The van der Waals surface area contributed by atoms with Gasteiger partial charge in [0.1, 0.15) is 35.6 Å². The summed E-state index contributed by atoms with van der Waals surface area (Å²) in [6.07, 6.45) is -11.4. The minimum Gasteiger partial charge on any atom is -0.486 e. The van der Waals surface area contributed by atoms with E-state index in [1.54, 1.807) is 0 Å². The summed E-state index contributed by atoms with van der Waals surface area (Å²) in [5.41, 5.74) is 0.969. The Morgan fingerprint density at radius 3 is 0.727 bits per heavy atom. The van der Waals surface area contributed by atoms with Gasteiger partial charge in [-0.3, -0.25) is 0 Å². The largest absolute Gasteiger partial charge is 0.486 e. The maximum Gasteiger partial charge on any atom is 0.416 e. The van der Waals surface area contributed by atoms with Crippen molar-refractivity contribution < 1.29 is 53.7 Å². The SMILES string of the molecule is CNCCC(Oc1ccc(C(F)(F)F)cc1)c1ccccc1.CNCCC(Oc1ccc(C(F)(F)F)cc1)c1ccccc1.CNCCC(Oc1ccc(C(F)(F)F)cc1)c1ccccc1. The molecule has 66 heavy (non-hydrogen) atoms. The number of hydrogen-bond acceptors (Lipinski definition) is 6. The summed E-state index contributed by atoms with van der Waals surface area (Å²) in [4.78, 5) is 0. The second-order valence-electron chi connectivity index (χ2n) is 14.8. The van der Waals surface area contributed by atoms with Crippen molar-refractivity contribution in [1.82, 2.24) is 16.0 Å². The normalized spacial score (nSPS) is 12.9. The van der Waals surface area contributed by atoms with Gasteiger partial charge in [0.25, 0.3) is 0 Å². The highest BCUT2D eigenvalue weighted by Gasteiger charge is 2.32. The lowest BCUT2D eigenvalue weighted by atomic mass is 10.1. The average Bonchev–Trinajstić information content (AvgIpc) is 3.31. The van der Waals surface area contributed by atoms with Crippen LogP contribution in [0.2, 0.25) is 0 Å². The molecule has 3 N–H and O–H groups in total. The highest BCUT2D eigenvalue weighted by molar-refractivity contribution is 5.32. The van der Waals surface area contributed by atoms with E-state index in [0.29, 0.717) is 17.2 Å². The predicted octanol–water partition coefficient (Wildman–Crippen LogP) is 13.3. The van der Waals surface area contributed by atoms with Crippen LogP contribution in [0.15, 0.2) is 164 Å². The van der Waals surface area contributed by atoms with Crippen LogP contribution in [0.5, 0.6) is 17.2 Å². The third kappa shape index (κ3) is 18.1. The molecular formula is C51H54F9N3O3. The maximum atomic E-state index is 12.6. The molecule has 3 unspecified atom stereocenters. The van der Waals surface area contributed by atoms with Gasteiger partial charge in [-0.15, -0.1) is 0 Å². The van der Waals surface area contributed by atoms with E-state index in [1.807, 2.05) is 112 Å². The van der Waals surface area contributed by atoms with Crippen LogP contribution in [-0.2, 0) is 18.5 Å². The molecule has 0 saturated heterocycles. The molecule has 0 heterocycles. The van der Waals surface area contributed by atoms with E-state index in [-0.39, 0.29) is 18.3 Å². The fourth-order valence-electron chi connectivity index (χ4n) is 6.37. The molecule has 6 aromatic carbocycles. The van der Waals surface area contributed by atoms with Crippen LogP contribution in [0.4, 0.5) is 39.5 Å². The summed E-state index contributed by atoms with van der Waals surface area (Å²) in [6, 6.07) is 43.3. The van der Waals surface area contributed by atoms with Gasteiger partial charge < -0.3 is 30.2 Å². The smallest absolute Gasteiger partial charge is 0.416 e. The zero-order valence-corrected chi connectivity index (χ0v) is 36.7. The fourth-order valence-corrected chi connectivity index (χ4v) is 6.37. The van der Waals surface area contributed by atoms with Crippen molar-refractivity contribution in [1.29, 1.82) is 0 Å². The molecule has 0 aliphatic heterocycles. The molecule has 0 saturated carbocycles. The third-order valence-electron chi connectivity index (χ3n) is 9.86. The topological polar surface area (TPSA) is 63.8 Å². The molecule has 0 spiro atoms. The number of ether oxygens (including phenoxy) is 3. The molecule has 3 atom stereocenters. The van der Waals surface area contributed by atoms with Gasteiger partial charge in [-0.1, -0.05) is 91.0 Å². The molecule has 354 valence electrons. The molecule has 0 aliphatic carbocycles. The second kappa shape index (κ2) is 26.2. The zero-order valence-electron chi connectivity index (χ0n) is 36.7. The van der Waals surface area contributed by atoms with Gasteiger partial charge in [0, 0.05) is 19.3 Å².